The zero-order valence-electron chi connectivity index (χ0n) is 3.02. The third kappa shape index (κ3) is 8.82. The van der Waals surface area contributed by atoms with E-state index in [0.717, 1.165) is 0 Å². The fraction of sp³-hybridized carbons (Fsp3) is 1.00. The average molecular weight is 106 g/mol. The smallest absolute Gasteiger partial charge is 0.187 e. The highest BCUT2D eigenvalue weighted by molar-refractivity contribution is 5.75. The van der Waals surface area contributed by atoms with Crippen LogP contribution in [-0.4, -0.2) is 40.8 Å². The first-order valence-corrected chi connectivity index (χ1v) is 1.63. The molecule has 0 radical (unpaired) electrons. The molecule has 0 aliphatic rings. The normalized spacial score (nSPS) is 7.00. The van der Waals surface area contributed by atoms with E-state index < -0.39 is 0 Å². The van der Waals surface area contributed by atoms with Gasteiger partial charge in [-0.2, -0.15) is 0 Å². The van der Waals surface area contributed by atoms with Crippen LogP contribution in [0.15, 0.2) is 0 Å². The largest absolute Gasteiger partial charge is 0.396 e. The molecular formula is C3H11AlO2. The van der Waals surface area contributed by atoms with E-state index in [1.165, 1.54) is 0 Å². The van der Waals surface area contributed by atoms with E-state index in [0.29, 0.717) is 6.42 Å². The molecule has 0 aromatic rings. The maximum Gasteiger partial charge on any atom is 0.187 e. The quantitative estimate of drug-likeness (QED) is 0.407. The molecule has 0 aliphatic heterocycles. The topological polar surface area (TPSA) is 40.5 Å². The van der Waals surface area contributed by atoms with Gasteiger partial charge < -0.3 is 10.2 Å². The minimum Gasteiger partial charge on any atom is -0.396 e. The lowest BCUT2D eigenvalue weighted by Crippen LogP contribution is -1.85. The van der Waals surface area contributed by atoms with Gasteiger partial charge in [0.05, 0.1) is 0 Å². The van der Waals surface area contributed by atoms with E-state index in [9.17, 15) is 0 Å². The molecule has 0 rings (SSSR count). The Labute approximate surface area is 47.9 Å². The number of hydrogen-bond donors (Lipinski definition) is 2. The van der Waals surface area contributed by atoms with Crippen molar-refractivity contribution in [1.82, 2.24) is 0 Å². The van der Waals surface area contributed by atoms with Gasteiger partial charge in [0.1, 0.15) is 0 Å². The Morgan fingerprint density at radius 2 is 1.33 bits per heavy atom. The minimum atomic E-state index is 0. The molecule has 0 unspecified atom stereocenters. The SMILES string of the molecule is OCCCO.[AlH3]. The highest BCUT2D eigenvalue weighted by atomic mass is 27.0. The zero-order chi connectivity index (χ0) is 4.12. The molecule has 2 N–H and O–H groups in total. The van der Waals surface area contributed by atoms with Crippen LogP contribution in [0.25, 0.3) is 0 Å². The lowest BCUT2D eigenvalue weighted by atomic mass is 10.5. The van der Waals surface area contributed by atoms with Crippen molar-refractivity contribution in [3.05, 3.63) is 0 Å². The predicted octanol–water partition coefficient (Wildman–Crippen LogP) is -1.82. The van der Waals surface area contributed by atoms with Gasteiger partial charge in [0.2, 0.25) is 0 Å². The van der Waals surface area contributed by atoms with Gasteiger partial charge in [-0.25, -0.2) is 0 Å². The van der Waals surface area contributed by atoms with Crippen LogP contribution in [0, 0.1) is 0 Å². The van der Waals surface area contributed by atoms with E-state index in [4.69, 9.17) is 10.2 Å². The lowest BCUT2D eigenvalue weighted by molar-refractivity contribution is 0.221. The molecule has 38 valence electrons. The molecule has 0 bridgehead atoms. The summed E-state index contributed by atoms with van der Waals surface area (Å²) >= 11 is 0. The Morgan fingerprint density at radius 3 is 1.33 bits per heavy atom. The Bertz CT molecular complexity index is 16.3. The summed E-state index contributed by atoms with van der Waals surface area (Å²) in [5.74, 6) is 0. The molecule has 0 aliphatic carbocycles. The Balaban J connectivity index is 0. The maximum absolute atomic E-state index is 7.91. The highest BCUT2D eigenvalue weighted by Crippen LogP contribution is 1.65. The second kappa shape index (κ2) is 9.07. The molecular weight excluding hydrogens is 95.0 g/mol. The Hall–Kier alpha value is 0.452. The fourth-order valence-electron chi connectivity index (χ4n) is 0.0707. The summed E-state index contributed by atoms with van der Waals surface area (Å²) < 4.78 is 0. The monoisotopic (exact) mass is 106 g/mol. The first-order chi connectivity index (χ1) is 2.41. The van der Waals surface area contributed by atoms with Crippen molar-refractivity contribution in [3.8, 4) is 0 Å². The molecule has 0 aromatic carbocycles. The van der Waals surface area contributed by atoms with E-state index in [2.05, 4.69) is 0 Å². The summed E-state index contributed by atoms with van der Waals surface area (Å²) in [7, 11) is 0. The van der Waals surface area contributed by atoms with Crippen molar-refractivity contribution in [2.24, 2.45) is 0 Å². The van der Waals surface area contributed by atoms with E-state index in [1.807, 2.05) is 0 Å². The van der Waals surface area contributed by atoms with Gasteiger partial charge in [-0.05, 0) is 6.42 Å². The molecule has 3 heteroatoms. The van der Waals surface area contributed by atoms with Crippen LogP contribution in [0.2, 0.25) is 0 Å². The molecule has 6 heavy (non-hydrogen) atoms. The van der Waals surface area contributed by atoms with Crippen LogP contribution in [-0.2, 0) is 0 Å². The summed E-state index contributed by atoms with van der Waals surface area (Å²) in [6.07, 6.45) is 0.500. The first-order valence-electron chi connectivity index (χ1n) is 1.63. The van der Waals surface area contributed by atoms with Crippen molar-refractivity contribution in [1.29, 1.82) is 0 Å². The summed E-state index contributed by atoms with van der Waals surface area (Å²) in [5.41, 5.74) is 0. The molecule has 0 spiro atoms. The Morgan fingerprint density at radius 1 is 1.00 bits per heavy atom. The van der Waals surface area contributed by atoms with Crippen molar-refractivity contribution >= 4 is 17.4 Å². The number of hydrogen-bond acceptors (Lipinski definition) is 2. The van der Waals surface area contributed by atoms with Gasteiger partial charge in [0.25, 0.3) is 0 Å². The second-order valence-corrected chi connectivity index (χ2v) is 0.801. The van der Waals surface area contributed by atoms with Crippen molar-refractivity contribution in [3.63, 3.8) is 0 Å². The van der Waals surface area contributed by atoms with Crippen molar-refractivity contribution < 1.29 is 10.2 Å². The molecule has 0 aromatic heterocycles. The van der Waals surface area contributed by atoms with Gasteiger partial charge in [0, 0.05) is 13.2 Å². The third-order valence-corrected chi connectivity index (χ3v) is 0.316. The van der Waals surface area contributed by atoms with Gasteiger partial charge >= 0.3 is 0 Å². The first kappa shape index (κ1) is 9.68. The average Bonchev–Trinajstić information content (AvgIpc) is 1.41. The van der Waals surface area contributed by atoms with E-state index >= 15 is 0 Å². The summed E-state index contributed by atoms with van der Waals surface area (Å²) in [6.45, 7) is 0.188. The molecule has 0 saturated heterocycles. The fourth-order valence-corrected chi connectivity index (χ4v) is 0.0707. The number of aliphatic hydroxyl groups is 2. The third-order valence-electron chi connectivity index (χ3n) is 0.316. The van der Waals surface area contributed by atoms with Gasteiger partial charge in [-0.1, -0.05) is 0 Å². The van der Waals surface area contributed by atoms with Gasteiger partial charge in [-0.3, -0.25) is 0 Å². The molecule has 0 saturated carbocycles. The molecule has 0 atom stereocenters. The zero-order valence-corrected chi connectivity index (χ0v) is 3.02. The van der Waals surface area contributed by atoms with Crippen molar-refractivity contribution in [2.45, 2.75) is 6.42 Å². The summed E-state index contributed by atoms with van der Waals surface area (Å²) in [6, 6.07) is 0. The molecule has 0 heterocycles. The summed E-state index contributed by atoms with van der Waals surface area (Å²) in [4.78, 5) is 0. The minimum absolute atomic E-state index is 0. The lowest BCUT2D eigenvalue weighted by Gasteiger charge is -1.79. The maximum atomic E-state index is 7.91. The Kier molecular flexibility index (Phi) is 14.6. The molecule has 0 amide bonds. The number of aliphatic hydroxyl groups excluding tert-OH is 2. The van der Waals surface area contributed by atoms with Gasteiger partial charge in [0.15, 0.2) is 17.4 Å². The summed E-state index contributed by atoms with van der Waals surface area (Å²) in [5, 5.41) is 15.8. The molecule has 2 nitrogen and oxygen atoms in total. The van der Waals surface area contributed by atoms with Crippen LogP contribution >= 0.6 is 0 Å². The van der Waals surface area contributed by atoms with E-state index in [1.54, 1.807) is 0 Å². The molecule has 0 fully saturated rings. The van der Waals surface area contributed by atoms with Crippen LogP contribution in [0.1, 0.15) is 6.42 Å². The van der Waals surface area contributed by atoms with Crippen LogP contribution in [0.5, 0.6) is 0 Å². The number of rotatable bonds is 2. The highest BCUT2D eigenvalue weighted by Gasteiger charge is 1.70. The standard InChI is InChI=1S/C3H8O2.Al.3H/c4-2-1-3-5;;;;/h4-5H,1-3H2;;;;. The van der Waals surface area contributed by atoms with Crippen LogP contribution in [0.4, 0.5) is 0 Å². The second-order valence-electron chi connectivity index (χ2n) is 0.801. The van der Waals surface area contributed by atoms with Gasteiger partial charge in [-0.15, -0.1) is 0 Å². The van der Waals surface area contributed by atoms with E-state index in [-0.39, 0.29) is 30.6 Å². The predicted molar refractivity (Wildman–Crippen MR) is 28.7 cm³/mol. The van der Waals surface area contributed by atoms with Crippen LogP contribution < -0.4 is 0 Å². The van der Waals surface area contributed by atoms with Crippen LogP contribution in [0.3, 0.4) is 0 Å². The van der Waals surface area contributed by atoms with Crippen molar-refractivity contribution in [2.75, 3.05) is 13.2 Å².